The summed E-state index contributed by atoms with van der Waals surface area (Å²) in [7, 11) is 0. The minimum absolute atomic E-state index is 0.142. The number of nitrogens with one attached hydrogen (secondary N) is 2. The Bertz CT molecular complexity index is 435. The standard InChI is InChI=1S/C14H20N2OS/c17-14(16-10-4-3-7-15-8-10)12-9-18-13-6-2-1-5-11(12)13/h9-10,15H,1-8H2,(H,16,17). The first-order valence-corrected chi connectivity index (χ1v) is 7.83. The summed E-state index contributed by atoms with van der Waals surface area (Å²) in [5, 5.41) is 8.57. The molecule has 4 heteroatoms. The van der Waals surface area contributed by atoms with E-state index in [2.05, 4.69) is 16.0 Å². The summed E-state index contributed by atoms with van der Waals surface area (Å²) in [6, 6.07) is 0.311. The predicted octanol–water partition coefficient (Wildman–Crippen LogP) is 2.11. The van der Waals surface area contributed by atoms with Crippen LogP contribution in [0, 0.1) is 0 Å². The van der Waals surface area contributed by atoms with E-state index in [1.54, 1.807) is 11.3 Å². The van der Waals surface area contributed by atoms with Crippen LogP contribution < -0.4 is 10.6 Å². The molecule has 1 fully saturated rings. The van der Waals surface area contributed by atoms with Crippen LogP contribution in [0.5, 0.6) is 0 Å². The van der Waals surface area contributed by atoms with Crippen molar-refractivity contribution in [3.05, 3.63) is 21.4 Å². The van der Waals surface area contributed by atoms with Crippen LogP contribution in [0.4, 0.5) is 0 Å². The monoisotopic (exact) mass is 264 g/mol. The zero-order valence-corrected chi connectivity index (χ0v) is 11.4. The first kappa shape index (κ1) is 12.2. The van der Waals surface area contributed by atoms with E-state index in [0.717, 1.165) is 44.3 Å². The highest BCUT2D eigenvalue weighted by atomic mass is 32.1. The second kappa shape index (κ2) is 5.41. The molecule has 1 atom stereocenters. The Morgan fingerprint density at radius 2 is 2.22 bits per heavy atom. The van der Waals surface area contributed by atoms with E-state index in [0.29, 0.717) is 6.04 Å². The van der Waals surface area contributed by atoms with E-state index in [1.807, 2.05) is 0 Å². The van der Waals surface area contributed by atoms with Crippen molar-refractivity contribution >= 4 is 17.2 Å². The van der Waals surface area contributed by atoms with Gasteiger partial charge in [0.15, 0.2) is 0 Å². The highest BCUT2D eigenvalue weighted by molar-refractivity contribution is 7.10. The average molecular weight is 264 g/mol. The lowest BCUT2D eigenvalue weighted by atomic mass is 9.95. The van der Waals surface area contributed by atoms with Crippen molar-refractivity contribution in [2.45, 2.75) is 44.6 Å². The van der Waals surface area contributed by atoms with Crippen molar-refractivity contribution in [1.82, 2.24) is 10.6 Å². The van der Waals surface area contributed by atoms with E-state index in [1.165, 1.54) is 23.3 Å². The van der Waals surface area contributed by atoms with Gasteiger partial charge in [-0.2, -0.15) is 0 Å². The summed E-state index contributed by atoms with van der Waals surface area (Å²) in [5.41, 5.74) is 2.27. The molecule has 1 saturated heterocycles. The van der Waals surface area contributed by atoms with Crippen LogP contribution in [-0.2, 0) is 12.8 Å². The molecule has 2 aliphatic rings. The molecular formula is C14H20N2OS. The van der Waals surface area contributed by atoms with Crippen molar-refractivity contribution < 1.29 is 4.79 Å². The largest absolute Gasteiger partial charge is 0.348 e. The topological polar surface area (TPSA) is 41.1 Å². The number of amides is 1. The number of carbonyl (C=O) groups is 1. The van der Waals surface area contributed by atoms with Crippen molar-refractivity contribution in [2.75, 3.05) is 13.1 Å². The summed E-state index contributed by atoms with van der Waals surface area (Å²) in [6.07, 6.45) is 7.02. The number of fused-ring (bicyclic) bond motifs is 1. The Morgan fingerprint density at radius 1 is 1.33 bits per heavy atom. The number of hydrogen-bond acceptors (Lipinski definition) is 3. The molecule has 18 heavy (non-hydrogen) atoms. The summed E-state index contributed by atoms with van der Waals surface area (Å²) in [4.78, 5) is 13.8. The molecule has 2 N–H and O–H groups in total. The Morgan fingerprint density at radius 3 is 3.06 bits per heavy atom. The fraction of sp³-hybridized carbons (Fsp3) is 0.643. The molecule has 98 valence electrons. The molecule has 0 aromatic carbocycles. The molecule has 1 aliphatic heterocycles. The van der Waals surface area contributed by atoms with Crippen molar-refractivity contribution in [3.63, 3.8) is 0 Å². The summed E-state index contributed by atoms with van der Waals surface area (Å²) >= 11 is 1.77. The van der Waals surface area contributed by atoms with E-state index in [-0.39, 0.29) is 5.91 Å². The van der Waals surface area contributed by atoms with E-state index in [9.17, 15) is 4.79 Å². The van der Waals surface area contributed by atoms with Crippen LogP contribution in [0.3, 0.4) is 0 Å². The van der Waals surface area contributed by atoms with Gasteiger partial charge in [-0.15, -0.1) is 11.3 Å². The third-order valence-corrected chi connectivity index (χ3v) is 5.03. The molecule has 0 radical (unpaired) electrons. The maximum atomic E-state index is 12.3. The van der Waals surface area contributed by atoms with Crippen LogP contribution in [-0.4, -0.2) is 25.0 Å². The van der Waals surface area contributed by atoms with Crippen LogP contribution in [0.15, 0.2) is 5.38 Å². The first-order chi connectivity index (χ1) is 8.84. The maximum Gasteiger partial charge on any atom is 0.252 e. The Hall–Kier alpha value is -0.870. The van der Waals surface area contributed by atoms with Crippen molar-refractivity contribution in [2.24, 2.45) is 0 Å². The minimum Gasteiger partial charge on any atom is -0.348 e. The van der Waals surface area contributed by atoms with Gasteiger partial charge in [-0.05, 0) is 50.6 Å². The number of piperidine rings is 1. The lowest BCUT2D eigenvalue weighted by molar-refractivity contribution is 0.0930. The molecule has 0 bridgehead atoms. The van der Waals surface area contributed by atoms with Gasteiger partial charge in [0.2, 0.25) is 0 Å². The summed E-state index contributed by atoms with van der Waals surface area (Å²) in [5.74, 6) is 0.142. The molecular weight excluding hydrogens is 244 g/mol. The molecule has 3 nitrogen and oxygen atoms in total. The SMILES string of the molecule is O=C(NC1CCCNC1)c1csc2c1CCCC2. The molecule has 3 rings (SSSR count). The molecule has 1 aliphatic carbocycles. The molecule has 0 saturated carbocycles. The number of thiophene rings is 1. The number of aryl methyl sites for hydroxylation is 1. The quantitative estimate of drug-likeness (QED) is 0.859. The van der Waals surface area contributed by atoms with Gasteiger partial charge in [0.05, 0.1) is 5.56 Å². The fourth-order valence-electron chi connectivity index (χ4n) is 2.92. The Labute approximate surface area is 112 Å². The van der Waals surface area contributed by atoms with Gasteiger partial charge in [-0.3, -0.25) is 4.79 Å². The predicted molar refractivity (Wildman–Crippen MR) is 74.3 cm³/mol. The number of rotatable bonds is 2. The van der Waals surface area contributed by atoms with E-state index in [4.69, 9.17) is 0 Å². The van der Waals surface area contributed by atoms with Crippen molar-refractivity contribution in [1.29, 1.82) is 0 Å². The summed E-state index contributed by atoms with van der Waals surface area (Å²) < 4.78 is 0. The van der Waals surface area contributed by atoms with Gasteiger partial charge >= 0.3 is 0 Å². The smallest absolute Gasteiger partial charge is 0.252 e. The van der Waals surface area contributed by atoms with Crippen LogP contribution in [0.25, 0.3) is 0 Å². The third kappa shape index (κ3) is 2.45. The first-order valence-electron chi connectivity index (χ1n) is 6.95. The van der Waals surface area contributed by atoms with Gasteiger partial charge in [0.25, 0.3) is 5.91 Å². The van der Waals surface area contributed by atoms with E-state index < -0.39 is 0 Å². The lowest BCUT2D eigenvalue weighted by Gasteiger charge is -2.24. The van der Waals surface area contributed by atoms with Crippen LogP contribution in [0.1, 0.15) is 46.5 Å². The van der Waals surface area contributed by atoms with Crippen molar-refractivity contribution in [3.8, 4) is 0 Å². The number of hydrogen-bond donors (Lipinski definition) is 2. The molecule has 2 heterocycles. The van der Waals surface area contributed by atoms with Gasteiger partial charge in [-0.1, -0.05) is 0 Å². The van der Waals surface area contributed by atoms with Gasteiger partial charge in [0, 0.05) is 22.8 Å². The van der Waals surface area contributed by atoms with Gasteiger partial charge in [-0.25, -0.2) is 0 Å². The zero-order chi connectivity index (χ0) is 12.4. The molecule has 1 aromatic rings. The molecule has 1 aromatic heterocycles. The third-order valence-electron chi connectivity index (χ3n) is 3.94. The average Bonchev–Trinajstić information content (AvgIpc) is 2.84. The van der Waals surface area contributed by atoms with Gasteiger partial charge < -0.3 is 10.6 Å². The molecule has 1 unspecified atom stereocenters. The van der Waals surface area contributed by atoms with Gasteiger partial charge in [0.1, 0.15) is 0 Å². The summed E-state index contributed by atoms with van der Waals surface area (Å²) in [6.45, 7) is 2.00. The highest BCUT2D eigenvalue weighted by Gasteiger charge is 2.22. The Balaban J connectivity index is 1.70. The van der Waals surface area contributed by atoms with Crippen LogP contribution in [0.2, 0.25) is 0 Å². The maximum absolute atomic E-state index is 12.3. The Kier molecular flexibility index (Phi) is 3.66. The zero-order valence-electron chi connectivity index (χ0n) is 10.6. The van der Waals surface area contributed by atoms with Crippen LogP contribution >= 0.6 is 11.3 Å². The highest BCUT2D eigenvalue weighted by Crippen LogP contribution is 2.30. The fourth-order valence-corrected chi connectivity index (χ4v) is 4.05. The minimum atomic E-state index is 0.142. The second-order valence-corrected chi connectivity index (χ2v) is 6.24. The lowest BCUT2D eigenvalue weighted by Crippen LogP contribution is -2.45. The number of carbonyl (C=O) groups excluding carboxylic acids is 1. The van der Waals surface area contributed by atoms with E-state index >= 15 is 0 Å². The molecule has 1 amide bonds. The molecule has 0 spiro atoms. The second-order valence-electron chi connectivity index (χ2n) is 5.27. The normalized spacial score (nSPS) is 23.4.